The third-order valence-corrected chi connectivity index (χ3v) is 3.25. The van der Waals surface area contributed by atoms with Gasteiger partial charge < -0.3 is 9.30 Å². The molecule has 92 valence electrons. The van der Waals surface area contributed by atoms with Crippen LogP contribution in [-0.4, -0.2) is 18.3 Å². The van der Waals surface area contributed by atoms with Crippen LogP contribution in [0.3, 0.4) is 0 Å². The van der Waals surface area contributed by atoms with Crippen LogP contribution in [0.5, 0.6) is 0 Å². The number of ether oxygens (including phenoxy) is 1. The highest BCUT2D eigenvalue weighted by Gasteiger charge is 2.06. The van der Waals surface area contributed by atoms with E-state index in [-0.39, 0.29) is 0 Å². The largest absolute Gasteiger partial charge is 0.385 e. The van der Waals surface area contributed by atoms with Gasteiger partial charge in [-0.05, 0) is 37.5 Å². The van der Waals surface area contributed by atoms with Gasteiger partial charge in [-0.2, -0.15) is 0 Å². The number of nitrogens with zero attached hydrogens (tertiary/aromatic N) is 1. The molecule has 0 N–H and O–H groups in total. The van der Waals surface area contributed by atoms with Crippen LogP contribution in [0.1, 0.15) is 24.5 Å². The molecule has 0 spiro atoms. The van der Waals surface area contributed by atoms with Crippen LogP contribution >= 0.6 is 0 Å². The number of rotatable bonds is 5. The van der Waals surface area contributed by atoms with Crippen LogP contribution in [0.15, 0.2) is 24.4 Å². The van der Waals surface area contributed by atoms with Crippen molar-refractivity contribution >= 4 is 10.9 Å². The first-order valence-corrected chi connectivity index (χ1v) is 6.33. The first-order valence-electron chi connectivity index (χ1n) is 6.33. The molecule has 17 heavy (non-hydrogen) atoms. The molecule has 0 unspecified atom stereocenters. The van der Waals surface area contributed by atoms with Crippen molar-refractivity contribution in [3.05, 3.63) is 35.5 Å². The lowest BCUT2D eigenvalue weighted by atomic mass is 10.1. The summed E-state index contributed by atoms with van der Waals surface area (Å²) in [7, 11) is 1.76. The monoisotopic (exact) mass is 231 g/mol. The Labute approximate surface area is 103 Å². The topological polar surface area (TPSA) is 14.2 Å². The summed E-state index contributed by atoms with van der Waals surface area (Å²) in [6.45, 7) is 6.23. The fourth-order valence-corrected chi connectivity index (χ4v) is 2.33. The molecule has 0 aliphatic carbocycles. The van der Waals surface area contributed by atoms with Gasteiger partial charge in [-0.25, -0.2) is 0 Å². The van der Waals surface area contributed by atoms with Crippen LogP contribution in [-0.2, 0) is 17.7 Å². The van der Waals surface area contributed by atoms with Crippen molar-refractivity contribution < 1.29 is 4.74 Å². The number of aryl methyl sites for hydroxylation is 3. The Morgan fingerprint density at radius 2 is 2.12 bits per heavy atom. The smallest absolute Gasteiger partial charge is 0.0483 e. The molecular weight excluding hydrogens is 210 g/mol. The maximum absolute atomic E-state index is 5.11. The zero-order chi connectivity index (χ0) is 12.3. The van der Waals surface area contributed by atoms with Crippen molar-refractivity contribution in [2.24, 2.45) is 0 Å². The molecule has 2 nitrogen and oxygen atoms in total. The molecule has 2 heteroatoms. The fraction of sp³-hybridized carbons (Fsp3) is 0.467. The maximum atomic E-state index is 5.11. The van der Waals surface area contributed by atoms with E-state index in [0.29, 0.717) is 0 Å². The van der Waals surface area contributed by atoms with Crippen LogP contribution in [0.25, 0.3) is 10.9 Å². The van der Waals surface area contributed by atoms with Gasteiger partial charge in [0.2, 0.25) is 0 Å². The highest BCUT2D eigenvalue weighted by molar-refractivity contribution is 5.84. The molecule has 0 aliphatic rings. The second-order valence-electron chi connectivity index (χ2n) is 4.57. The minimum Gasteiger partial charge on any atom is -0.385 e. The highest BCUT2D eigenvalue weighted by Crippen LogP contribution is 2.23. The van der Waals surface area contributed by atoms with E-state index >= 15 is 0 Å². The van der Waals surface area contributed by atoms with Crippen molar-refractivity contribution in [1.82, 2.24) is 4.57 Å². The van der Waals surface area contributed by atoms with Gasteiger partial charge >= 0.3 is 0 Å². The maximum Gasteiger partial charge on any atom is 0.0483 e. The molecule has 1 heterocycles. The lowest BCUT2D eigenvalue weighted by molar-refractivity contribution is 0.190. The SMILES string of the molecule is CCc1cn(CCCOC)c2ccc(C)cc12. The summed E-state index contributed by atoms with van der Waals surface area (Å²) < 4.78 is 7.47. The minimum atomic E-state index is 0.826. The normalized spacial score (nSPS) is 11.2. The standard InChI is InChI=1S/C15H21NO/c1-4-13-11-16(8-5-9-17-3)15-7-6-12(2)10-14(13)15/h6-7,10-11H,4-5,8-9H2,1-3H3. The molecule has 0 amide bonds. The van der Waals surface area contributed by atoms with E-state index in [0.717, 1.165) is 26.0 Å². The molecule has 0 atom stereocenters. The van der Waals surface area contributed by atoms with Crippen LogP contribution in [0.4, 0.5) is 0 Å². The molecule has 2 rings (SSSR count). The number of hydrogen-bond acceptors (Lipinski definition) is 1. The first kappa shape index (κ1) is 12.2. The summed E-state index contributed by atoms with van der Waals surface area (Å²) in [4.78, 5) is 0. The molecule has 0 saturated heterocycles. The molecule has 2 aromatic rings. The third kappa shape index (κ3) is 2.52. The Morgan fingerprint density at radius 3 is 2.82 bits per heavy atom. The second-order valence-corrected chi connectivity index (χ2v) is 4.57. The molecule has 0 aliphatic heterocycles. The first-order chi connectivity index (χ1) is 8.26. The summed E-state index contributed by atoms with van der Waals surface area (Å²) in [5.41, 5.74) is 4.13. The number of aromatic nitrogens is 1. The van der Waals surface area contributed by atoms with E-state index in [4.69, 9.17) is 4.74 Å². The highest BCUT2D eigenvalue weighted by atomic mass is 16.5. The van der Waals surface area contributed by atoms with E-state index in [9.17, 15) is 0 Å². The number of fused-ring (bicyclic) bond motifs is 1. The van der Waals surface area contributed by atoms with Gasteiger partial charge in [0.05, 0.1) is 0 Å². The van der Waals surface area contributed by atoms with Crippen molar-refractivity contribution in [3.63, 3.8) is 0 Å². The Balaban J connectivity index is 2.35. The summed E-state index contributed by atoms with van der Waals surface area (Å²) in [6.07, 6.45) is 4.45. The third-order valence-electron chi connectivity index (χ3n) is 3.25. The summed E-state index contributed by atoms with van der Waals surface area (Å²) >= 11 is 0. The van der Waals surface area contributed by atoms with Crippen LogP contribution in [0.2, 0.25) is 0 Å². The average molecular weight is 231 g/mol. The number of hydrogen-bond donors (Lipinski definition) is 0. The van der Waals surface area contributed by atoms with E-state index in [2.05, 4.69) is 42.8 Å². The van der Waals surface area contributed by atoms with Crippen molar-refractivity contribution in [2.45, 2.75) is 33.2 Å². The molecule has 1 aromatic carbocycles. The summed E-state index contributed by atoms with van der Waals surface area (Å²) in [5.74, 6) is 0. The second kappa shape index (κ2) is 5.37. The Hall–Kier alpha value is -1.28. The lowest BCUT2D eigenvalue weighted by Crippen LogP contribution is -1.99. The van der Waals surface area contributed by atoms with Crippen molar-refractivity contribution in [2.75, 3.05) is 13.7 Å². The fourth-order valence-electron chi connectivity index (χ4n) is 2.33. The molecule has 0 bridgehead atoms. The van der Waals surface area contributed by atoms with Gasteiger partial charge in [0.15, 0.2) is 0 Å². The number of methoxy groups -OCH3 is 1. The van der Waals surface area contributed by atoms with Crippen LogP contribution < -0.4 is 0 Å². The quantitative estimate of drug-likeness (QED) is 0.718. The molecular formula is C15H21NO. The molecule has 1 aromatic heterocycles. The average Bonchev–Trinajstić information content (AvgIpc) is 2.67. The summed E-state index contributed by atoms with van der Waals surface area (Å²) in [6, 6.07) is 6.71. The van der Waals surface area contributed by atoms with Crippen molar-refractivity contribution in [3.8, 4) is 0 Å². The minimum absolute atomic E-state index is 0.826. The zero-order valence-electron chi connectivity index (χ0n) is 11.0. The Bertz CT molecular complexity index is 499. The zero-order valence-corrected chi connectivity index (χ0v) is 11.0. The van der Waals surface area contributed by atoms with E-state index in [1.165, 1.54) is 22.0 Å². The number of benzene rings is 1. The Morgan fingerprint density at radius 1 is 1.29 bits per heavy atom. The lowest BCUT2D eigenvalue weighted by Gasteiger charge is -2.04. The van der Waals surface area contributed by atoms with E-state index in [1.807, 2.05) is 0 Å². The molecule has 0 saturated carbocycles. The van der Waals surface area contributed by atoms with E-state index < -0.39 is 0 Å². The molecule has 0 fully saturated rings. The summed E-state index contributed by atoms with van der Waals surface area (Å²) in [5, 5.41) is 1.41. The van der Waals surface area contributed by atoms with Gasteiger partial charge in [-0.1, -0.05) is 18.6 Å². The van der Waals surface area contributed by atoms with Gasteiger partial charge in [0.1, 0.15) is 0 Å². The Kier molecular flexibility index (Phi) is 3.85. The molecule has 0 radical (unpaired) electrons. The van der Waals surface area contributed by atoms with Gasteiger partial charge in [0, 0.05) is 37.4 Å². The van der Waals surface area contributed by atoms with Gasteiger partial charge in [-0.3, -0.25) is 0 Å². The van der Waals surface area contributed by atoms with Crippen molar-refractivity contribution in [1.29, 1.82) is 0 Å². The predicted molar refractivity (Wildman–Crippen MR) is 72.5 cm³/mol. The predicted octanol–water partition coefficient (Wildman–Crippen LogP) is 3.55. The van der Waals surface area contributed by atoms with Crippen LogP contribution in [0, 0.1) is 6.92 Å². The van der Waals surface area contributed by atoms with E-state index in [1.54, 1.807) is 7.11 Å². The van der Waals surface area contributed by atoms with Gasteiger partial charge in [0.25, 0.3) is 0 Å². The van der Waals surface area contributed by atoms with Gasteiger partial charge in [-0.15, -0.1) is 0 Å².